The Morgan fingerprint density at radius 3 is 2.44 bits per heavy atom. The van der Waals surface area contributed by atoms with Crippen LogP contribution in [0.1, 0.15) is 15.9 Å². The van der Waals surface area contributed by atoms with Crippen molar-refractivity contribution >= 4 is 11.5 Å². The van der Waals surface area contributed by atoms with Crippen LogP contribution in [-0.4, -0.2) is 12.4 Å². The van der Waals surface area contributed by atoms with E-state index in [9.17, 15) is 4.79 Å². The first-order valence-corrected chi connectivity index (χ1v) is 5.74. The van der Waals surface area contributed by atoms with Gasteiger partial charge in [-0.15, -0.1) is 0 Å². The first-order valence-electron chi connectivity index (χ1n) is 5.74. The Balaban J connectivity index is 2.01. The molecule has 92 valence electrons. The summed E-state index contributed by atoms with van der Waals surface area (Å²) in [7, 11) is 0. The van der Waals surface area contributed by atoms with E-state index in [4.69, 9.17) is 10.5 Å². The van der Waals surface area contributed by atoms with Crippen molar-refractivity contribution in [1.82, 2.24) is 0 Å². The van der Waals surface area contributed by atoms with E-state index in [-0.39, 0.29) is 12.4 Å². The van der Waals surface area contributed by atoms with E-state index in [2.05, 4.69) is 0 Å². The zero-order valence-corrected chi connectivity index (χ0v) is 10.2. The summed E-state index contributed by atoms with van der Waals surface area (Å²) in [5.41, 5.74) is 8.04. The first kappa shape index (κ1) is 12.2. The quantitative estimate of drug-likeness (QED) is 0.661. The number of carbonyl (C=O) groups excluding carboxylic acids is 1. The maximum Gasteiger partial charge on any atom is 0.200 e. The van der Waals surface area contributed by atoms with E-state index in [0.29, 0.717) is 17.0 Å². The van der Waals surface area contributed by atoms with E-state index >= 15 is 0 Å². The van der Waals surface area contributed by atoms with E-state index < -0.39 is 0 Å². The molecule has 3 heteroatoms. The third-order valence-corrected chi connectivity index (χ3v) is 2.65. The SMILES string of the molecule is Cc1ccc(C(=O)COc2ccccc2N)cc1. The topological polar surface area (TPSA) is 52.3 Å². The summed E-state index contributed by atoms with van der Waals surface area (Å²) in [5, 5.41) is 0. The van der Waals surface area contributed by atoms with Gasteiger partial charge in [0.05, 0.1) is 5.69 Å². The Kier molecular flexibility index (Phi) is 3.63. The standard InChI is InChI=1S/C15H15NO2/c1-11-6-8-12(9-7-11)14(17)10-18-15-5-3-2-4-13(15)16/h2-9H,10,16H2,1H3. The second-order valence-corrected chi connectivity index (χ2v) is 4.12. The van der Waals surface area contributed by atoms with Crippen molar-refractivity contribution < 1.29 is 9.53 Å². The summed E-state index contributed by atoms with van der Waals surface area (Å²) in [4.78, 5) is 11.9. The number of hydrogen-bond acceptors (Lipinski definition) is 3. The number of Topliss-reactive ketones (excluding diaryl/α,β-unsaturated/α-hetero) is 1. The Labute approximate surface area is 106 Å². The van der Waals surface area contributed by atoms with Crippen molar-refractivity contribution in [3.05, 3.63) is 59.7 Å². The fourth-order valence-corrected chi connectivity index (χ4v) is 1.58. The molecule has 0 aromatic heterocycles. The van der Waals surface area contributed by atoms with Gasteiger partial charge in [0, 0.05) is 5.56 Å². The van der Waals surface area contributed by atoms with Crippen molar-refractivity contribution in [1.29, 1.82) is 0 Å². The zero-order chi connectivity index (χ0) is 13.0. The molecule has 0 unspecified atom stereocenters. The lowest BCUT2D eigenvalue weighted by Crippen LogP contribution is -2.12. The fraction of sp³-hybridized carbons (Fsp3) is 0.133. The number of aryl methyl sites for hydroxylation is 1. The zero-order valence-electron chi connectivity index (χ0n) is 10.2. The summed E-state index contributed by atoms with van der Waals surface area (Å²) < 4.78 is 5.41. The molecule has 0 atom stereocenters. The van der Waals surface area contributed by atoms with Gasteiger partial charge in [-0.3, -0.25) is 4.79 Å². The van der Waals surface area contributed by atoms with Gasteiger partial charge in [-0.25, -0.2) is 0 Å². The van der Waals surface area contributed by atoms with Gasteiger partial charge in [-0.1, -0.05) is 42.0 Å². The van der Waals surface area contributed by atoms with Crippen LogP contribution < -0.4 is 10.5 Å². The lowest BCUT2D eigenvalue weighted by Gasteiger charge is -2.07. The third-order valence-electron chi connectivity index (χ3n) is 2.65. The van der Waals surface area contributed by atoms with E-state index in [1.54, 1.807) is 24.3 Å². The van der Waals surface area contributed by atoms with Crippen LogP contribution in [0, 0.1) is 6.92 Å². The Bertz CT molecular complexity index is 547. The number of hydrogen-bond donors (Lipinski definition) is 1. The lowest BCUT2D eigenvalue weighted by atomic mass is 10.1. The predicted molar refractivity (Wildman–Crippen MR) is 71.9 cm³/mol. The number of ether oxygens (including phenoxy) is 1. The first-order chi connectivity index (χ1) is 8.66. The lowest BCUT2D eigenvalue weighted by molar-refractivity contribution is 0.0922. The normalized spacial score (nSPS) is 10.1. The van der Waals surface area contributed by atoms with Crippen LogP contribution in [0.3, 0.4) is 0 Å². The van der Waals surface area contributed by atoms with Gasteiger partial charge in [-0.05, 0) is 19.1 Å². The van der Waals surface area contributed by atoms with Crippen molar-refractivity contribution in [3.8, 4) is 5.75 Å². The fourth-order valence-electron chi connectivity index (χ4n) is 1.58. The number of carbonyl (C=O) groups is 1. The molecule has 0 aliphatic carbocycles. The van der Waals surface area contributed by atoms with Gasteiger partial charge in [-0.2, -0.15) is 0 Å². The summed E-state index contributed by atoms with van der Waals surface area (Å²) in [6, 6.07) is 14.6. The minimum absolute atomic E-state index is 0.00270. The van der Waals surface area contributed by atoms with Crippen LogP contribution >= 0.6 is 0 Å². The maximum atomic E-state index is 11.9. The molecule has 0 fully saturated rings. The average Bonchev–Trinajstić information content (AvgIpc) is 2.38. The highest BCUT2D eigenvalue weighted by molar-refractivity contribution is 5.97. The molecule has 18 heavy (non-hydrogen) atoms. The number of benzene rings is 2. The van der Waals surface area contributed by atoms with Crippen LogP contribution in [0.25, 0.3) is 0 Å². The van der Waals surface area contributed by atoms with Crippen molar-refractivity contribution in [3.63, 3.8) is 0 Å². The summed E-state index contributed by atoms with van der Waals surface area (Å²) in [5.74, 6) is 0.483. The molecule has 2 aromatic carbocycles. The average molecular weight is 241 g/mol. The second kappa shape index (κ2) is 5.36. The second-order valence-electron chi connectivity index (χ2n) is 4.12. The number of nitrogens with two attached hydrogens (primary N) is 1. The monoisotopic (exact) mass is 241 g/mol. The molecule has 0 spiro atoms. The largest absolute Gasteiger partial charge is 0.483 e. The smallest absolute Gasteiger partial charge is 0.200 e. The van der Waals surface area contributed by atoms with Crippen molar-refractivity contribution in [2.24, 2.45) is 0 Å². The Morgan fingerprint density at radius 1 is 1.11 bits per heavy atom. The molecule has 0 bridgehead atoms. The van der Waals surface area contributed by atoms with Gasteiger partial charge in [0.2, 0.25) is 0 Å². The van der Waals surface area contributed by atoms with E-state index in [1.807, 2.05) is 31.2 Å². The minimum atomic E-state index is -0.0572. The molecule has 0 saturated carbocycles. The molecular weight excluding hydrogens is 226 g/mol. The van der Waals surface area contributed by atoms with Crippen LogP contribution in [0.15, 0.2) is 48.5 Å². The summed E-state index contributed by atoms with van der Waals surface area (Å²) in [6.07, 6.45) is 0. The molecule has 0 amide bonds. The molecule has 0 heterocycles. The Morgan fingerprint density at radius 2 is 1.78 bits per heavy atom. The molecule has 2 rings (SSSR count). The molecule has 0 radical (unpaired) electrons. The summed E-state index contributed by atoms with van der Waals surface area (Å²) in [6.45, 7) is 1.98. The molecule has 0 aliphatic heterocycles. The number of rotatable bonds is 4. The molecule has 3 nitrogen and oxygen atoms in total. The Hall–Kier alpha value is -2.29. The van der Waals surface area contributed by atoms with Gasteiger partial charge >= 0.3 is 0 Å². The van der Waals surface area contributed by atoms with Crippen molar-refractivity contribution in [2.75, 3.05) is 12.3 Å². The third kappa shape index (κ3) is 2.88. The highest BCUT2D eigenvalue weighted by Crippen LogP contribution is 2.19. The van der Waals surface area contributed by atoms with Gasteiger partial charge in [0.15, 0.2) is 12.4 Å². The van der Waals surface area contributed by atoms with Crippen LogP contribution in [0.4, 0.5) is 5.69 Å². The number of ketones is 1. The van der Waals surface area contributed by atoms with Crippen molar-refractivity contribution in [2.45, 2.75) is 6.92 Å². The highest BCUT2D eigenvalue weighted by Gasteiger charge is 2.07. The van der Waals surface area contributed by atoms with Crippen LogP contribution in [0.2, 0.25) is 0 Å². The van der Waals surface area contributed by atoms with Gasteiger partial charge in [0.1, 0.15) is 5.75 Å². The van der Waals surface area contributed by atoms with Gasteiger partial charge < -0.3 is 10.5 Å². The summed E-state index contributed by atoms with van der Waals surface area (Å²) >= 11 is 0. The highest BCUT2D eigenvalue weighted by atomic mass is 16.5. The van der Waals surface area contributed by atoms with Crippen LogP contribution in [-0.2, 0) is 0 Å². The van der Waals surface area contributed by atoms with E-state index in [0.717, 1.165) is 5.56 Å². The minimum Gasteiger partial charge on any atom is -0.483 e. The number of anilines is 1. The van der Waals surface area contributed by atoms with Gasteiger partial charge in [0.25, 0.3) is 0 Å². The molecule has 2 N–H and O–H groups in total. The maximum absolute atomic E-state index is 11.9. The number of nitrogen functional groups attached to an aromatic ring is 1. The van der Waals surface area contributed by atoms with E-state index in [1.165, 1.54) is 0 Å². The molecular formula is C15H15NO2. The molecule has 2 aromatic rings. The molecule has 0 aliphatic rings. The van der Waals surface area contributed by atoms with Crippen LogP contribution in [0.5, 0.6) is 5.75 Å². The predicted octanol–water partition coefficient (Wildman–Crippen LogP) is 2.84. The molecule has 0 saturated heterocycles. The number of para-hydroxylation sites is 2.